The van der Waals surface area contributed by atoms with E-state index in [0.29, 0.717) is 0 Å². The number of halogens is 3. The topological polar surface area (TPSA) is 35.5 Å². The van der Waals surface area contributed by atoms with Gasteiger partial charge in [0.05, 0.1) is 25.4 Å². The molecule has 0 spiro atoms. The van der Waals surface area contributed by atoms with Crippen molar-refractivity contribution in [1.29, 1.82) is 0 Å². The summed E-state index contributed by atoms with van der Waals surface area (Å²) in [7, 11) is 1.16. The molecule has 0 aliphatic heterocycles. The van der Waals surface area contributed by atoms with Crippen LogP contribution in [-0.4, -0.2) is 13.1 Å². The van der Waals surface area contributed by atoms with Crippen LogP contribution in [0.5, 0.6) is 5.75 Å². The smallest absolute Gasteiger partial charge is 0.416 e. The fourth-order valence-corrected chi connectivity index (χ4v) is 1.33. The highest BCUT2D eigenvalue weighted by Gasteiger charge is 2.31. The summed E-state index contributed by atoms with van der Waals surface area (Å²) in [4.78, 5) is 11.0. The normalized spacial score (nSPS) is 10.9. The first kappa shape index (κ1) is 14.1. The van der Waals surface area contributed by atoms with Gasteiger partial charge in [0, 0.05) is 0 Å². The minimum absolute atomic E-state index is 0.0290. The number of methoxy groups -OCH3 is 1. The molecule has 0 saturated carbocycles. The fourth-order valence-electron chi connectivity index (χ4n) is 1.33. The van der Waals surface area contributed by atoms with E-state index < -0.39 is 17.7 Å². The van der Waals surface area contributed by atoms with E-state index >= 15 is 0 Å². The number of hydrogen-bond donors (Lipinski definition) is 0. The predicted molar refractivity (Wildman–Crippen MR) is 58.0 cm³/mol. The molecule has 0 aliphatic rings. The number of carbonyl (C=O) groups is 1. The molecule has 0 N–H and O–H groups in total. The lowest BCUT2D eigenvalue weighted by molar-refractivity contribution is -0.140. The van der Waals surface area contributed by atoms with Gasteiger partial charge < -0.3 is 9.47 Å². The summed E-state index contributed by atoms with van der Waals surface area (Å²) in [5.41, 5.74) is -0.728. The Morgan fingerprint density at radius 2 is 2.06 bits per heavy atom. The second-order valence-electron chi connectivity index (χ2n) is 3.40. The van der Waals surface area contributed by atoms with Gasteiger partial charge in [-0.2, -0.15) is 13.2 Å². The van der Waals surface area contributed by atoms with Crippen LogP contribution in [-0.2, 0) is 22.1 Å². The molecule has 1 aromatic rings. The standard InChI is InChI=1S/C12H11F3O3/c1-3-18-10-5-8(6-11(16)17-2)4-9(7-10)12(13,14)15/h3-5,7H,1,6H2,2H3. The molecule has 0 saturated heterocycles. The van der Waals surface area contributed by atoms with Crippen LogP contribution in [0.25, 0.3) is 0 Å². The van der Waals surface area contributed by atoms with Gasteiger partial charge in [-0.05, 0) is 23.8 Å². The number of benzene rings is 1. The Labute approximate surface area is 102 Å². The first-order valence-electron chi connectivity index (χ1n) is 4.92. The molecule has 0 unspecified atom stereocenters. The molecule has 0 fully saturated rings. The van der Waals surface area contributed by atoms with Crippen LogP contribution < -0.4 is 4.74 Å². The van der Waals surface area contributed by atoms with Crippen molar-refractivity contribution in [3.05, 3.63) is 42.2 Å². The van der Waals surface area contributed by atoms with Crippen LogP contribution in [0.2, 0.25) is 0 Å². The Balaban J connectivity index is 3.13. The highest BCUT2D eigenvalue weighted by atomic mass is 19.4. The van der Waals surface area contributed by atoms with E-state index in [2.05, 4.69) is 11.3 Å². The van der Waals surface area contributed by atoms with Crippen molar-refractivity contribution in [2.24, 2.45) is 0 Å². The molecule has 1 aromatic carbocycles. The molecule has 98 valence electrons. The monoisotopic (exact) mass is 260 g/mol. The molecule has 0 heterocycles. The molecule has 18 heavy (non-hydrogen) atoms. The third kappa shape index (κ3) is 3.80. The minimum atomic E-state index is -4.51. The van der Waals surface area contributed by atoms with Crippen LogP contribution in [0.4, 0.5) is 13.2 Å². The van der Waals surface area contributed by atoms with E-state index in [-0.39, 0.29) is 17.7 Å². The van der Waals surface area contributed by atoms with E-state index in [9.17, 15) is 18.0 Å². The van der Waals surface area contributed by atoms with Gasteiger partial charge in [-0.3, -0.25) is 4.79 Å². The summed E-state index contributed by atoms with van der Waals surface area (Å²) in [6.45, 7) is 3.26. The van der Waals surface area contributed by atoms with Gasteiger partial charge in [0.2, 0.25) is 0 Å². The third-order valence-corrected chi connectivity index (χ3v) is 2.09. The van der Waals surface area contributed by atoms with Gasteiger partial charge in [-0.25, -0.2) is 0 Å². The van der Waals surface area contributed by atoms with Gasteiger partial charge in [0.25, 0.3) is 0 Å². The molecular formula is C12H11F3O3. The van der Waals surface area contributed by atoms with Gasteiger partial charge in [0.15, 0.2) is 0 Å². The number of rotatable bonds is 4. The molecule has 1 rings (SSSR count). The van der Waals surface area contributed by atoms with Crippen LogP contribution in [0.1, 0.15) is 11.1 Å². The van der Waals surface area contributed by atoms with E-state index in [1.807, 2.05) is 0 Å². The van der Waals surface area contributed by atoms with Crippen molar-refractivity contribution in [3.63, 3.8) is 0 Å². The number of esters is 1. The number of hydrogen-bond acceptors (Lipinski definition) is 3. The maximum absolute atomic E-state index is 12.6. The molecule has 0 radical (unpaired) electrons. The van der Waals surface area contributed by atoms with Crippen molar-refractivity contribution in [2.45, 2.75) is 12.6 Å². The Morgan fingerprint density at radius 1 is 1.39 bits per heavy atom. The highest BCUT2D eigenvalue weighted by Crippen LogP contribution is 2.32. The fraction of sp³-hybridized carbons (Fsp3) is 0.250. The molecule has 0 aromatic heterocycles. The van der Waals surface area contributed by atoms with Crippen LogP contribution in [0.15, 0.2) is 31.0 Å². The van der Waals surface area contributed by atoms with Gasteiger partial charge in [-0.1, -0.05) is 6.58 Å². The van der Waals surface area contributed by atoms with Crippen molar-refractivity contribution in [3.8, 4) is 5.75 Å². The van der Waals surface area contributed by atoms with Gasteiger partial charge in [0.1, 0.15) is 5.75 Å². The van der Waals surface area contributed by atoms with E-state index in [1.165, 1.54) is 6.07 Å². The molecule has 3 nitrogen and oxygen atoms in total. The number of ether oxygens (including phenoxy) is 2. The number of alkyl halides is 3. The van der Waals surface area contributed by atoms with Crippen molar-refractivity contribution in [1.82, 2.24) is 0 Å². The highest BCUT2D eigenvalue weighted by molar-refractivity contribution is 5.72. The summed E-state index contributed by atoms with van der Waals surface area (Å²) >= 11 is 0. The zero-order valence-corrected chi connectivity index (χ0v) is 9.58. The minimum Gasteiger partial charge on any atom is -0.469 e. The Morgan fingerprint density at radius 3 is 2.56 bits per heavy atom. The summed E-state index contributed by atoms with van der Waals surface area (Å²) in [6.07, 6.45) is -3.75. The summed E-state index contributed by atoms with van der Waals surface area (Å²) in [5.74, 6) is -0.655. The predicted octanol–water partition coefficient (Wildman–Crippen LogP) is 2.94. The third-order valence-electron chi connectivity index (χ3n) is 2.09. The lowest BCUT2D eigenvalue weighted by atomic mass is 10.1. The van der Waals surface area contributed by atoms with Gasteiger partial charge in [-0.15, -0.1) is 0 Å². The molecular weight excluding hydrogens is 249 g/mol. The first-order chi connectivity index (χ1) is 8.36. The van der Waals surface area contributed by atoms with Crippen LogP contribution >= 0.6 is 0 Å². The molecule has 6 heteroatoms. The Kier molecular flexibility index (Phi) is 4.36. The van der Waals surface area contributed by atoms with E-state index in [4.69, 9.17) is 4.74 Å². The average Bonchev–Trinajstić information content (AvgIpc) is 2.27. The summed E-state index contributed by atoms with van der Waals surface area (Å²) < 4.78 is 47.0. The quantitative estimate of drug-likeness (QED) is 0.616. The number of carbonyl (C=O) groups excluding carboxylic acids is 1. The SMILES string of the molecule is C=COc1cc(CC(=O)OC)cc(C(F)(F)F)c1. The van der Waals surface area contributed by atoms with Gasteiger partial charge >= 0.3 is 12.1 Å². The zero-order chi connectivity index (χ0) is 13.8. The van der Waals surface area contributed by atoms with Crippen molar-refractivity contribution in [2.75, 3.05) is 7.11 Å². The molecule has 0 amide bonds. The summed E-state index contributed by atoms with van der Waals surface area (Å²) in [6, 6.07) is 3.04. The van der Waals surface area contributed by atoms with E-state index in [1.54, 1.807) is 0 Å². The van der Waals surface area contributed by atoms with Crippen LogP contribution in [0, 0.1) is 0 Å². The molecule has 0 atom stereocenters. The first-order valence-corrected chi connectivity index (χ1v) is 4.92. The van der Waals surface area contributed by atoms with Crippen molar-refractivity contribution < 1.29 is 27.4 Å². The summed E-state index contributed by atoms with van der Waals surface area (Å²) in [5, 5.41) is 0. The maximum Gasteiger partial charge on any atom is 0.416 e. The molecule has 0 bridgehead atoms. The molecule has 0 aliphatic carbocycles. The van der Waals surface area contributed by atoms with Crippen LogP contribution in [0.3, 0.4) is 0 Å². The lowest BCUT2D eigenvalue weighted by Crippen LogP contribution is -2.09. The van der Waals surface area contributed by atoms with E-state index in [0.717, 1.165) is 25.5 Å². The maximum atomic E-state index is 12.6. The second-order valence-corrected chi connectivity index (χ2v) is 3.40. The lowest BCUT2D eigenvalue weighted by Gasteiger charge is -2.11. The Bertz CT molecular complexity index is 452. The largest absolute Gasteiger partial charge is 0.469 e. The zero-order valence-electron chi connectivity index (χ0n) is 9.58. The van der Waals surface area contributed by atoms with Crippen molar-refractivity contribution >= 4 is 5.97 Å². The second kappa shape index (κ2) is 5.57. The Hall–Kier alpha value is -1.98. The average molecular weight is 260 g/mol.